The molecule has 0 saturated carbocycles. The molecule has 35 heavy (non-hydrogen) atoms. The Morgan fingerprint density at radius 2 is 1.69 bits per heavy atom. The zero-order chi connectivity index (χ0) is 25.3. The molecule has 3 aromatic rings. The van der Waals surface area contributed by atoms with Crippen LogP contribution in [0.4, 0.5) is 5.69 Å². The van der Waals surface area contributed by atoms with E-state index < -0.39 is 10.0 Å². The molecule has 0 bridgehead atoms. The van der Waals surface area contributed by atoms with Crippen molar-refractivity contribution in [2.75, 3.05) is 24.0 Å². The van der Waals surface area contributed by atoms with E-state index in [2.05, 4.69) is 12.2 Å². The van der Waals surface area contributed by atoms with E-state index in [1.807, 2.05) is 43.3 Å². The Morgan fingerprint density at radius 3 is 2.37 bits per heavy atom. The standard InChI is InChI=1S/C27H31ClN2O4S/c1-3-19-34-26-9-5-4-7-22(26)8-6-18-29-27(31)20-30(24-14-10-21(2)11-15-24)35(32,33)25-16-12-23(28)13-17-25/h4-5,7,9-17H,3,6,8,18-20H2,1-2H3,(H,29,31). The summed E-state index contributed by atoms with van der Waals surface area (Å²) < 4.78 is 33.7. The number of nitrogens with one attached hydrogen (secondary N) is 1. The molecule has 0 heterocycles. The van der Waals surface area contributed by atoms with Gasteiger partial charge in [0.25, 0.3) is 10.0 Å². The molecule has 8 heteroatoms. The number of hydrogen-bond donors (Lipinski definition) is 1. The predicted molar refractivity (Wildman–Crippen MR) is 141 cm³/mol. The fourth-order valence-electron chi connectivity index (χ4n) is 3.52. The van der Waals surface area contributed by atoms with Gasteiger partial charge in [0, 0.05) is 11.6 Å². The van der Waals surface area contributed by atoms with E-state index >= 15 is 0 Å². The van der Waals surface area contributed by atoms with Crippen LogP contribution in [0.25, 0.3) is 0 Å². The number of rotatable bonds is 12. The van der Waals surface area contributed by atoms with E-state index in [1.165, 1.54) is 24.3 Å². The third kappa shape index (κ3) is 7.47. The van der Waals surface area contributed by atoms with Gasteiger partial charge in [-0.3, -0.25) is 9.10 Å². The minimum atomic E-state index is -3.97. The molecule has 3 aromatic carbocycles. The van der Waals surface area contributed by atoms with Crippen LogP contribution >= 0.6 is 11.6 Å². The van der Waals surface area contributed by atoms with Crippen molar-refractivity contribution in [3.05, 3.63) is 88.9 Å². The highest BCUT2D eigenvalue weighted by Crippen LogP contribution is 2.25. The summed E-state index contributed by atoms with van der Waals surface area (Å²) >= 11 is 5.93. The van der Waals surface area contributed by atoms with Crippen LogP contribution in [0, 0.1) is 6.92 Å². The molecular formula is C27H31ClN2O4S. The molecule has 0 spiro atoms. The molecule has 0 saturated heterocycles. The van der Waals surface area contributed by atoms with Gasteiger partial charge in [0.2, 0.25) is 5.91 Å². The van der Waals surface area contributed by atoms with Crippen LogP contribution in [0.5, 0.6) is 5.75 Å². The number of sulfonamides is 1. The first-order valence-electron chi connectivity index (χ1n) is 11.6. The van der Waals surface area contributed by atoms with Gasteiger partial charge in [0.1, 0.15) is 12.3 Å². The van der Waals surface area contributed by atoms with E-state index in [4.69, 9.17) is 16.3 Å². The first-order valence-corrected chi connectivity index (χ1v) is 13.5. The highest BCUT2D eigenvalue weighted by Gasteiger charge is 2.27. The SMILES string of the molecule is CCCOc1ccccc1CCCNC(=O)CN(c1ccc(C)cc1)S(=O)(=O)c1ccc(Cl)cc1. The Balaban J connectivity index is 1.66. The molecule has 0 atom stereocenters. The van der Waals surface area contributed by atoms with Crippen LogP contribution < -0.4 is 14.4 Å². The maximum absolute atomic E-state index is 13.4. The van der Waals surface area contributed by atoms with Crippen LogP contribution in [0.15, 0.2) is 77.7 Å². The second-order valence-corrected chi connectivity index (χ2v) is 10.5. The molecule has 3 rings (SSSR count). The van der Waals surface area contributed by atoms with Gasteiger partial charge in [0.15, 0.2) is 0 Å². The van der Waals surface area contributed by atoms with Crippen molar-refractivity contribution in [1.29, 1.82) is 0 Å². The lowest BCUT2D eigenvalue weighted by molar-refractivity contribution is -0.119. The minimum absolute atomic E-state index is 0.0685. The third-order valence-electron chi connectivity index (χ3n) is 5.39. The Labute approximate surface area is 212 Å². The van der Waals surface area contributed by atoms with Gasteiger partial charge in [-0.25, -0.2) is 8.42 Å². The lowest BCUT2D eigenvalue weighted by Crippen LogP contribution is -2.41. The number of halogens is 1. The van der Waals surface area contributed by atoms with Crippen molar-refractivity contribution in [2.45, 2.75) is 38.0 Å². The largest absolute Gasteiger partial charge is 0.493 e. The summed E-state index contributed by atoms with van der Waals surface area (Å²) in [6, 6.07) is 20.8. The fraction of sp³-hybridized carbons (Fsp3) is 0.296. The van der Waals surface area contributed by atoms with Gasteiger partial charge in [-0.2, -0.15) is 0 Å². The zero-order valence-corrected chi connectivity index (χ0v) is 21.6. The van der Waals surface area contributed by atoms with Crippen molar-refractivity contribution in [1.82, 2.24) is 5.32 Å². The third-order valence-corrected chi connectivity index (χ3v) is 7.43. The highest BCUT2D eigenvalue weighted by molar-refractivity contribution is 7.92. The number of para-hydroxylation sites is 1. The molecule has 0 unspecified atom stereocenters. The summed E-state index contributed by atoms with van der Waals surface area (Å²) in [5.74, 6) is 0.485. The van der Waals surface area contributed by atoms with Gasteiger partial charge >= 0.3 is 0 Å². The number of benzene rings is 3. The maximum Gasteiger partial charge on any atom is 0.264 e. The van der Waals surface area contributed by atoms with E-state index in [0.29, 0.717) is 30.3 Å². The van der Waals surface area contributed by atoms with Gasteiger partial charge in [-0.1, -0.05) is 54.4 Å². The molecule has 0 radical (unpaired) electrons. The molecule has 0 aromatic heterocycles. The topological polar surface area (TPSA) is 75.7 Å². The number of nitrogens with zero attached hydrogens (tertiary/aromatic N) is 1. The lowest BCUT2D eigenvalue weighted by Gasteiger charge is -2.24. The summed E-state index contributed by atoms with van der Waals surface area (Å²) in [4.78, 5) is 12.9. The van der Waals surface area contributed by atoms with Crippen LogP contribution in [0.3, 0.4) is 0 Å². The van der Waals surface area contributed by atoms with Gasteiger partial charge in [-0.15, -0.1) is 0 Å². The summed E-state index contributed by atoms with van der Waals surface area (Å²) in [6.45, 7) is 4.73. The van der Waals surface area contributed by atoms with Gasteiger partial charge in [0.05, 0.1) is 17.2 Å². The number of amides is 1. The summed E-state index contributed by atoms with van der Waals surface area (Å²) in [6.07, 6.45) is 2.37. The minimum Gasteiger partial charge on any atom is -0.493 e. The number of carbonyl (C=O) groups excluding carboxylic acids is 1. The molecule has 1 amide bonds. The van der Waals surface area contributed by atoms with Crippen molar-refractivity contribution < 1.29 is 17.9 Å². The van der Waals surface area contributed by atoms with Crippen molar-refractivity contribution in [3.8, 4) is 5.75 Å². The molecule has 0 fully saturated rings. The first-order chi connectivity index (χ1) is 16.8. The summed E-state index contributed by atoms with van der Waals surface area (Å²) in [5.41, 5.74) is 2.50. The quantitative estimate of drug-likeness (QED) is 0.329. The zero-order valence-electron chi connectivity index (χ0n) is 20.0. The van der Waals surface area contributed by atoms with Crippen molar-refractivity contribution in [2.24, 2.45) is 0 Å². The van der Waals surface area contributed by atoms with E-state index in [-0.39, 0.29) is 17.3 Å². The number of carbonyl (C=O) groups is 1. The Morgan fingerprint density at radius 1 is 1.00 bits per heavy atom. The lowest BCUT2D eigenvalue weighted by atomic mass is 10.1. The van der Waals surface area contributed by atoms with Crippen molar-refractivity contribution >= 4 is 33.2 Å². The highest BCUT2D eigenvalue weighted by atomic mass is 35.5. The summed E-state index contributed by atoms with van der Waals surface area (Å²) in [7, 11) is -3.97. The average Bonchev–Trinajstić information content (AvgIpc) is 2.85. The molecule has 186 valence electrons. The predicted octanol–water partition coefficient (Wildman–Crippen LogP) is 5.38. The van der Waals surface area contributed by atoms with E-state index in [1.54, 1.807) is 12.1 Å². The molecule has 0 aliphatic rings. The second-order valence-electron chi connectivity index (χ2n) is 8.21. The number of ether oxygens (including phenoxy) is 1. The van der Waals surface area contributed by atoms with E-state index in [0.717, 1.165) is 34.0 Å². The Kier molecular flexibility index (Phi) is 9.57. The Bertz CT molecular complexity index is 1210. The van der Waals surface area contributed by atoms with Crippen LogP contribution in [-0.4, -0.2) is 34.0 Å². The number of anilines is 1. The van der Waals surface area contributed by atoms with Crippen LogP contribution in [0.1, 0.15) is 30.9 Å². The fourth-order valence-corrected chi connectivity index (χ4v) is 5.06. The van der Waals surface area contributed by atoms with Crippen LogP contribution in [-0.2, 0) is 21.2 Å². The van der Waals surface area contributed by atoms with Gasteiger partial charge < -0.3 is 10.1 Å². The summed E-state index contributed by atoms with van der Waals surface area (Å²) in [5, 5.41) is 3.29. The second kappa shape index (κ2) is 12.6. The molecule has 1 N–H and O–H groups in total. The average molecular weight is 515 g/mol. The molecule has 0 aliphatic carbocycles. The Hall–Kier alpha value is -3.03. The van der Waals surface area contributed by atoms with Crippen molar-refractivity contribution in [3.63, 3.8) is 0 Å². The first kappa shape index (κ1) is 26.6. The van der Waals surface area contributed by atoms with Crippen LogP contribution in [0.2, 0.25) is 5.02 Å². The van der Waals surface area contributed by atoms with Gasteiger partial charge in [-0.05, 0) is 74.2 Å². The number of aryl methyl sites for hydroxylation is 2. The number of hydrogen-bond acceptors (Lipinski definition) is 4. The molecule has 0 aliphatic heterocycles. The monoisotopic (exact) mass is 514 g/mol. The van der Waals surface area contributed by atoms with E-state index in [9.17, 15) is 13.2 Å². The maximum atomic E-state index is 13.4. The smallest absolute Gasteiger partial charge is 0.264 e. The normalized spacial score (nSPS) is 11.2. The molecule has 6 nitrogen and oxygen atoms in total. The molecular weight excluding hydrogens is 484 g/mol.